The molecule has 6 heteroatoms. The zero-order valence-corrected chi connectivity index (χ0v) is 20.9. The summed E-state index contributed by atoms with van der Waals surface area (Å²) in [7, 11) is 1.62. The molecular formula is C27H33NO4S. The quantitative estimate of drug-likeness (QED) is 0.334. The van der Waals surface area contributed by atoms with Crippen molar-refractivity contribution in [3.63, 3.8) is 0 Å². The van der Waals surface area contributed by atoms with Gasteiger partial charge in [-0.25, -0.2) is 0 Å². The van der Waals surface area contributed by atoms with Crippen LogP contribution in [-0.2, 0) is 15.0 Å². The number of ether oxygens (including phenoxy) is 1. The van der Waals surface area contributed by atoms with Gasteiger partial charge in [-0.2, -0.15) is 0 Å². The van der Waals surface area contributed by atoms with Crippen molar-refractivity contribution in [2.24, 2.45) is 0 Å². The molecule has 2 aromatic rings. The molecule has 0 radical (unpaired) electrons. The topological polar surface area (TPSA) is 66.8 Å². The Morgan fingerprint density at radius 3 is 2.39 bits per heavy atom. The van der Waals surface area contributed by atoms with E-state index in [1.165, 1.54) is 11.3 Å². The number of hydrogen-bond acceptors (Lipinski definition) is 5. The summed E-state index contributed by atoms with van der Waals surface area (Å²) < 4.78 is 5.54. The molecule has 2 fully saturated rings. The second-order valence-electron chi connectivity index (χ2n) is 10.1. The van der Waals surface area contributed by atoms with Gasteiger partial charge in [0, 0.05) is 22.0 Å². The van der Waals surface area contributed by atoms with Gasteiger partial charge >= 0.3 is 0 Å². The number of Topliss-reactive ketones (excluding diaryl/α,β-unsaturated/α-hetero) is 1. The van der Waals surface area contributed by atoms with Crippen LogP contribution in [0.15, 0.2) is 35.2 Å². The van der Waals surface area contributed by atoms with Crippen molar-refractivity contribution in [2.75, 3.05) is 7.11 Å². The van der Waals surface area contributed by atoms with Gasteiger partial charge in [0.05, 0.1) is 12.7 Å². The Morgan fingerprint density at radius 2 is 1.82 bits per heavy atom. The van der Waals surface area contributed by atoms with E-state index in [2.05, 4.69) is 20.8 Å². The smallest absolute Gasteiger partial charge is 0.295 e. The Kier molecular flexibility index (Phi) is 6.41. The van der Waals surface area contributed by atoms with Gasteiger partial charge in [0.25, 0.3) is 11.7 Å². The van der Waals surface area contributed by atoms with E-state index in [-0.39, 0.29) is 22.8 Å². The SMILES string of the molecule is COc1ccc(/C(O)=C2/C(=O)C(=O)N(C3CCCCC3)C2c2sccc2C)cc1C(C)(C)C. The van der Waals surface area contributed by atoms with Crippen LogP contribution >= 0.6 is 11.3 Å². The molecule has 2 heterocycles. The number of methoxy groups -OCH3 is 1. The summed E-state index contributed by atoms with van der Waals surface area (Å²) in [6.07, 6.45) is 5.05. The van der Waals surface area contributed by atoms with E-state index >= 15 is 0 Å². The fourth-order valence-corrected chi connectivity index (χ4v) is 6.14. The molecule has 0 spiro atoms. The maximum Gasteiger partial charge on any atom is 0.295 e. The molecule has 1 aromatic carbocycles. The number of carbonyl (C=O) groups excluding carboxylic acids is 2. The molecule has 33 heavy (non-hydrogen) atoms. The van der Waals surface area contributed by atoms with E-state index in [9.17, 15) is 14.7 Å². The number of thiophene rings is 1. The maximum absolute atomic E-state index is 13.4. The van der Waals surface area contributed by atoms with Gasteiger partial charge in [-0.1, -0.05) is 40.0 Å². The van der Waals surface area contributed by atoms with Crippen molar-refractivity contribution in [2.45, 2.75) is 77.3 Å². The van der Waals surface area contributed by atoms with Crippen LogP contribution in [0.4, 0.5) is 0 Å². The van der Waals surface area contributed by atoms with Crippen molar-refractivity contribution >= 4 is 28.8 Å². The number of rotatable bonds is 4. The first-order valence-corrected chi connectivity index (χ1v) is 12.6. The Labute approximate surface area is 200 Å². The van der Waals surface area contributed by atoms with Crippen LogP contribution in [0, 0.1) is 6.92 Å². The van der Waals surface area contributed by atoms with E-state index in [0.717, 1.165) is 53.9 Å². The van der Waals surface area contributed by atoms with Crippen LogP contribution in [-0.4, -0.2) is 34.8 Å². The third kappa shape index (κ3) is 4.21. The van der Waals surface area contributed by atoms with Crippen molar-refractivity contribution in [1.29, 1.82) is 0 Å². The van der Waals surface area contributed by atoms with Crippen molar-refractivity contribution in [3.8, 4) is 5.75 Å². The molecule has 1 saturated heterocycles. The minimum absolute atomic E-state index is 0.0213. The molecule has 2 aliphatic rings. The fourth-order valence-electron chi connectivity index (χ4n) is 5.10. The number of hydrogen-bond donors (Lipinski definition) is 1. The first-order chi connectivity index (χ1) is 15.6. The lowest BCUT2D eigenvalue weighted by atomic mass is 9.84. The Bertz CT molecular complexity index is 1100. The maximum atomic E-state index is 13.4. The zero-order chi connectivity index (χ0) is 23.9. The minimum atomic E-state index is -0.594. The van der Waals surface area contributed by atoms with E-state index in [0.29, 0.717) is 5.56 Å². The summed E-state index contributed by atoms with van der Waals surface area (Å²) in [4.78, 5) is 29.4. The lowest BCUT2D eigenvalue weighted by Crippen LogP contribution is -2.40. The Hall–Kier alpha value is -2.60. The van der Waals surface area contributed by atoms with E-state index < -0.39 is 17.7 Å². The molecule has 1 amide bonds. The first-order valence-electron chi connectivity index (χ1n) is 11.7. The molecule has 1 aliphatic carbocycles. The van der Waals surface area contributed by atoms with Gasteiger partial charge in [0.1, 0.15) is 17.6 Å². The fraction of sp³-hybridized carbons (Fsp3) is 0.481. The average molecular weight is 468 g/mol. The average Bonchev–Trinajstić information content (AvgIpc) is 3.33. The van der Waals surface area contributed by atoms with Crippen molar-refractivity contribution < 1.29 is 19.4 Å². The molecule has 5 nitrogen and oxygen atoms in total. The van der Waals surface area contributed by atoms with Gasteiger partial charge in [0.15, 0.2) is 0 Å². The molecule has 1 aromatic heterocycles. The Morgan fingerprint density at radius 1 is 1.12 bits per heavy atom. The summed E-state index contributed by atoms with van der Waals surface area (Å²) >= 11 is 1.54. The van der Waals surface area contributed by atoms with Crippen molar-refractivity contribution in [1.82, 2.24) is 4.90 Å². The number of carbonyl (C=O) groups is 2. The summed E-state index contributed by atoms with van der Waals surface area (Å²) in [5.74, 6) is -0.472. The van der Waals surface area contributed by atoms with Gasteiger partial charge in [-0.05, 0) is 60.4 Å². The largest absolute Gasteiger partial charge is 0.507 e. The second-order valence-corrected chi connectivity index (χ2v) is 11.1. The van der Waals surface area contributed by atoms with E-state index in [1.807, 2.05) is 30.5 Å². The summed E-state index contributed by atoms with van der Waals surface area (Å²) in [5.41, 5.74) is 2.46. The highest BCUT2D eigenvalue weighted by Crippen LogP contribution is 2.46. The number of amides is 1. The van der Waals surface area contributed by atoms with Crippen LogP contribution in [0.2, 0.25) is 0 Å². The molecule has 1 aliphatic heterocycles. The molecule has 1 N–H and O–H groups in total. The number of aliphatic hydroxyl groups excluding tert-OH is 1. The zero-order valence-electron chi connectivity index (χ0n) is 20.1. The molecule has 1 atom stereocenters. The van der Waals surface area contributed by atoms with E-state index in [4.69, 9.17) is 4.74 Å². The molecule has 176 valence electrons. The molecule has 1 unspecified atom stereocenters. The number of aliphatic hydroxyl groups is 1. The predicted octanol–water partition coefficient (Wildman–Crippen LogP) is 6.12. The van der Waals surface area contributed by atoms with Crippen LogP contribution in [0.1, 0.15) is 80.5 Å². The van der Waals surface area contributed by atoms with E-state index in [1.54, 1.807) is 18.1 Å². The third-order valence-electron chi connectivity index (χ3n) is 6.88. The molecule has 0 bridgehead atoms. The van der Waals surface area contributed by atoms with Gasteiger partial charge < -0.3 is 14.7 Å². The number of likely N-dealkylation sites (tertiary alicyclic amines) is 1. The van der Waals surface area contributed by atoms with Crippen LogP contribution < -0.4 is 4.74 Å². The highest BCUT2D eigenvalue weighted by molar-refractivity contribution is 7.10. The predicted molar refractivity (Wildman–Crippen MR) is 132 cm³/mol. The van der Waals surface area contributed by atoms with Crippen molar-refractivity contribution in [3.05, 3.63) is 56.8 Å². The van der Waals surface area contributed by atoms with Crippen LogP contribution in [0.3, 0.4) is 0 Å². The number of benzene rings is 1. The number of aryl methyl sites for hydroxylation is 1. The highest BCUT2D eigenvalue weighted by atomic mass is 32.1. The summed E-state index contributed by atoms with van der Waals surface area (Å²) in [6, 6.07) is 6.93. The number of nitrogens with zero attached hydrogens (tertiary/aromatic N) is 1. The lowest BCUT2D eigenvalue weighted by molar-refractivity contribution is -0.141. The molecule has 4 rings (SSSR count). The summed E-state index contributed by atoms with van der Waals surface area (Å²) in [5, 5.41) is 13.5. The molecule has 1 saturated carbocycles. The van der Waals surface area contributed by atoms with Gasteiger partial charge in [-0.15, -0.1) is 11.3 Å². The standard InChI is InChI=1S/C27H33NO4S/c1-16-13-14-33-25(16)22-21(24(30)26(31)28(22)18-9-7-6-8-10-18)23(29)17-11-12-20(32-5)19(15-17)27(2,3)4/h11-15,18,22,29H,6-10H2,1-5H3/b23-21-. The highest BCUT2D eigenvalue weighted by Gasteiger charge is 2.49. The second kappa shape index (κ2) is 8.98. The monoisotopic (exact) mass is 467 g/mol. The number of ketones is 1. The van der Waals surface area contributed by atoms with Gasteiger partial charge in [0.2, 0.25) is 0 Å². The minimum Gasteiger partial charge on any atom is -0.507 e. The Balaban J connectivity index is 1.89. The van der Waals surface area contributed by atoms with Gasteiger partial charge in [-0.3, -0.25) is 9.59 Å². The normalized spacial score (nSPS) is 21.6. The van der Waals surface area contributed by atoms with Crippen LogP contribution in [0.5, 0.6) is 5.75 Å². The first kappa shape index (κ1) is 23.6. The lowest BCUT2D eigenvalue weighted by Gasteiger charge is -2.35. The third-order valence-corrected chi connectivity index (χ3v) is 7.95. The van der Waals surface area contributed by atoms with Crippen LogP contribution in [0.25, 0.3) is 5.76 Å². The summed E-state index contributed by atoms with van der Waals surface area (Å²) in [6.45, 7) is 8.22. The molecular weight excluding hydrogens is 434 g/mol.